The lowest BCUT2D eigenvalue weighted by atomic mass is 10.1. The number of methoxy groups -OCH3 is 2. The molecule has 0 heterocycles. The molecule has 0 aliphatic heterocycles. The largest absolute Gasteiger partial charge is 0.468 e. The van der Waals surface area contributed by atoms with Crippen molar-refractivity contribution in [3.05, 3.63) is 29.8 Å². The molecule has 0 aliphatic carbocycles. The molecule has 0 radical (unpaired) electrons. The summed E-state index contributed by atoms with van der Waals surface area (Å²) in [7, 11) is 3.31. The predicted octanol–water partition coefficient (Wildman–Crippen LogP) is 1.86. The molecule has 3 heteroatoms. The quantitative estimate of drug-likeness (QED) is 0.650. The Hall–Kier alpha value is -1.06. The van der Waals surface area contributed by atoms with E-state index in [2.05, 4.69) is 6.07 Å². The lowest BCUT2D eigenvalue weighted by Gasteiger charge is -2.06. The van der Waals surface area contributed by atoms with E-state index in [9.17, 15) is 0 Å². The topological polar surface area (TPSA) is 27.7 Å². The van der Waals surface area contributed by atoms with Gasteiger partial charge in [-0.3, -0.25) is 0 Å². The second-order valence-corrected chi connectivity index (χ2v) is 2.94. The molecule has 78 valence electrons. The van der Waals surface area contributed by atoms with Crippen LogP contribution < -0.4 is 4.74 Å². The zero-order valence-corrected chi connectivity index (χ0v) is 8.66. The molecule has 0 amide bonds. The van der Waals surface area contributed by atoms with Gasteiger partial charge in [0.2, 0.25) is 0 Å². The van der Waals surface area contributed by atoms with E-state index in [1.807, 2.05) is 18.2 Å². The van der Waals surface area contributed by atoms with Crippen LogP contribution in [0.4, 0.5) is 0 Å². The number of benzene rings is 1. The monoisotopic (exact) mass is 196 g/mol. The maximum atomic E-state index is 5.31. The minimum Gasteiger partial charge on any atom is -0.468 e. The highest BCUT2D eigenvalue weighted by molar-refractivity contribution is 5.28. The fraction of sp³-hybridized carbons (Fsp3) is 0.455. The van der Waals surface area contributed by atoms with E-state index in [4.69, 9.17) is 14.2 Å². The van der Waals surface area contributed by atoms with Crippen LogP contribution in [0.25, 0.3) is 0 Å². The molecule has 0 aliphatic rings. The van der Waals surface area contributed by atoms with E-state index < -0.39 is 0 Å². The number of rotatable bonds is 6. The van der Waals surface area contributed by atoms with Gasteiger partial charge in [-0.15, -0.1) is 0 Å². The van der Waals surface area contributed by atoms with Crippen LogP contribution in [0.2, 0.25) is 0 Å². The van der Waals surface area contributed by atoms with Crippen LogP contribution >= 0.6 is 0 Å². The number of hydrogen-bond acceptors (Lipinski definition) is 3. The van der Waals surface area contributed by atoms with Crippen molar-refractivity contribution in [2.75, 3.05) is 27.6 Å². The average Bonchev–Trinajstić information content (AvgIpc) is 2.24. The Labute approximate surface area is 84.6 Å². The van der Waals surface area contributed by atoms with Gasteiger partial charge in [-0.25, -0.2) is 0 Å². The van der Waals surface area contributed by atoms with E-state index in [-0.39, 0.29) is 6.79 Å². The normalized spacial score (nSPS) is 10.1. The Bertz CT molecular complexity index is 237. The van der Waals surface area contributed by atoms with Gasteiger partial charge in [-0.2, -0.15) is 0 Å². The molecular formula is C11H16O3. The van der Waals surface area contributed by atoms with Crippen LogP contribution in [0.1, 0.15) is 5.56 Å². The van der Waals surface area contributed by atoms with Crippen molar-refractivity contribution in [3.63, 3.8) is 0 Å². The molecular weight excluding hydrogens is 180 g/mol. The molecule has 0 saturated heterocycles. The van der Waals surface area contributed by atoms with Crippen LogP contribution in [0.3, 0.4) is 0 Å². The highest BCUT2D eigenvalue weighted by Crippen LogP contribution is 2.13. The molecule has 0 bridgehead atoms. The lowest BCUT2D eigenvalue weighted by molar-refractivity contribution is 0.0510. The van der Waals surface area contributed by atoms with Gasteiger partial charge in [0.1, 0.15) is 5.75 Å². The van der Waals surface area contributed by atoms with Crippen molar-refractivity contribution in [1.29, 1.82) is 0 Å². The third-order valence-electron chi connectivity index (χ3n) is 1.84. The van der Waals surface area contributed by atoms with Gasteiger partial charge in [0.15, 0.2) is 6.79 Å². The molecule has 0 fully saturated rings. The molecule has 0 N–H and O–H groups in total. The minimum atomic E-state index is 0.285. The molecule has 0 atom stereocenters. The van der Waals surface area contributed by atoms with E-state index in [1.54, 1.807) is 14.2 Å². The molecule has 0 saturated carbocycles. The maximum Gasteiger partial charge on any atom is 0.188 e. The second-order valence-electron chi connectivity index (χ2n) is 2.94. The van der Waals surface area contributed by atoms with Gasteiger partial charge < -0.3 is 14.2 Å². The van der Waals surface area contributed by atoms with Gasteiger partial charge in [-0.1, -0.05) is 12.1 Å². The fourth-order valence-electron chi connectivity index (χ4n) is 1.14. The highest BCUT2D eigenvalue weighted by Gasteiger charge is 1.96. The second kappa shape index (κ2) is 6.40. The van der Waals surface area contributed by atoms with Crippen molar-refractivity contribution in [2.24, 2.45) is 0 Å². The Morgan fingerprint density at radius 2 is 2.00 bits per heavy atom. The Balaban J connectivity index is 2.50. The van der Waals surface area contributed by atoms with Crippen LogP contribution in [0, 0.1) is 0 Å². The molecule has 0 aromatic heterocycles. The Morgan fingerprint density at radius 3 is 2.71 bits per heavy atom. The molecule has 0 spiro atoms. The third kappa shape index (κ3) is 3.77. The van der Waals surface area contributed by atoms with Crippen LogP contribution in [0.15, 0.2) is 24.3 Å². The molecule has 1 aromatic rings. The van der Waals surface area contributed by atoms with Gasteiger partial charge in [0.25, 0.3) is 0 Å². The van der Waals surface area contributed by atoms with E-state index in [0.29, 0.717) is 0 Å². The van der Waals surface area contributed by atoms with Crippen molar-refractivity contribution in [2.45, 2.75) is 6.42 Å². The number of hydrogen-bond donors (Lipinski definition) is 0. The summed E-state index contributed by atoms with van der Waals surface area (Å²) >= 11 is 0. The summed E-state index contributed by atoms with van der Waals surface area (Å²) in [5.74, 6) is 0.834. The highest BCUT2D eigenvalue weighted by atomic mass is 16.7. The summed E-state index contributed by atoms with van der Waals surface area (Å²) in [6.07, 6.45) is 0.903. The lowest BCUT2D eigenvalue weighted by Crippen LogP contribution is -2.00. The first kappa shape index (κ1) is 11.0. The van der Waals surface area contributed by atoms with Crippen molar-refractivity contribution >= 4 is 0 Å². The Morgan fingerprint density at radius 1 is 1.14 bits per heavy atom. The fourth-order valence-corrected chi connectivity index (χ4v) is 1.14. The summed E-state index contributed by atoms with van der Waals surface area (Å²) in [4.78, 5) is 0. The smallest absolute Gasteiger partial charge is 0.188 e. The van der Waals surface area contributed by atoms with Crippen LogP contribution in [-0.4, -0.2) is 27.6 Å². The van der Waals surface area contributed by atoms with Crippen molar-refractivity contribution in [1.82, 2.24) is 0 Å². The predicted molar refractivity (Wildman–Crippen MR) is 54.5 cm³/mol. The van der Waals surface area contributed by atoms with Gasteiger partial charge in [0, 0.05) is 14.2 Å². The molecule has 1 aromatic carbocycles. The first-order valence-corrected chi connectivity index (χ1v) is 4.56. The first-order valence-electron chi connectivity index (χ1n) is 4.56. The zero-order chi connectivity index (χ0) is 10.2. The van der Waals surface area contributed by atoms with Crippen LogP contribution in [-0.2, 0) is 15.9 Å². The third-order valence-corrected chi connectivity index (χ3v) is 1.84. The summed E-state index contributed by atoms with van der Waals surface area (Å²) in [6.45, 7) is 1.02. The van der Waals surface area contributed by atoms with E-state index in [0.717, 1.165) is 18.8 Å². The maximum absolute atomic E-state index is 5.31. The van der Waals surface area contributed by atoms with Crippen LogP contribution in [0.5, 0.6) is 5.75 Å². The zero-order valence-electron chi connectivity index (χ0n) is 8.66. The summed E-state index contributed by atoms with van der Waals surface area (Å²) in [6, 6.07) is 7.93. The van der Waals surface area contributed by atoms with Gasteiger partial charge in [-0.05, 0) is 24.1 Å². The van der Waals surface area contributed by atoms with Crippen molar-refractivity contribution < 1.29 is 14.2 Å². The number of ether oxygens (including phenoxy) is 3. The van der Waals surface area contributed by atoms with E-state index >= 15 is 0 Å². The molecule has 1 rings (SSSR count). The van der Waals surface area contributed by atoms with Gasteiger partial charge >= 0.3 is 0 Å². The van der Waals surface area contributed by atoms with Gasteiger partial charge in [0.05, 0.1) is 6.61 Å². The average molecular weight is 196 g/mol. The summed E-state index contributed by atoms with van der Waals surface area (Å²) in [5, 5.41) is 0. The first-order chi connectivity index (χ1) is 6.86. The molecule has 3 nitrogen and oxygen atoms in total. The van der Waals surface area contributed by atoms with Crippen molar-refractivity contribution in [3.8, 4) is 5.75 Å². The minimum absolute atomic E-state index is 0.285. The Kier molecular flexibility index (Phi) is 5.04. The molecule has 0 unspecified atom stereocenters. The summed E-state index contributed by atoms with van der Waals surface area (Å²) < 4.78 is 15.1. The van der Waals surface area contributed by atoms with E-state index in [1.165, 1.54) is 5.56 Å². The SMILES string of the molecule is COCCc1cccc(OCOC)c1. The molecule has 14 heavy (non-hydrogen) atoms. The summed E-state index contributed by atoms with van der Waals surface area (Å²) in [5.41, 5.74) is 1.21. The standard InChI is InChI=1S/C11H16O3/c1-12-7-6-10-4-3-5-11(8-10)14-9-13-2/h3-5,8H,6-7,9H2,1-2H3.